The van der Waals surface area contributed by atoms with E-state index in [1.165, 1.54) is 0 Å². The molecular weight excluding hydrogens is 242 g/mol. The van der Waals surface area contributed by atoms with Crippen molar-refractivity contribution in [1.29, 1.82) is 0 Å². The van der Waals surface area contributed by atoms with E-state index in [0.717, 1.165) is 31.8 Å². The predicted molar refractivity (Wildman–Crippen MR) is 74.4 cm³/mol. The molecule has 1 aromatic rings. The lowest BCUT2D eigenvalue weighted by atomic mass is 9.93. The van der Waals surface area contributed by atoms with E-state index < -0.39 is 0 Å². The van der Waals surface area contributed by atoms with E-state index in [4.69, 9.17) is 4.74 Å². The zero-order chi connectivity index (χ0) is 13.7. The average Bonchev–Trinajstić information content (AvgIpc) is 2.90. The molecule has 106 valence electrons. The number of aromatic hydroxyl groups is 1. The van der Waals surface area contributed by atoms with Crippen molar-refractivity contribution in [2.24, 2.45) is 11.8 Å². The summed E-state index contributed by atoms with van der Waals surface area (Å²) in [5.41, 5.74) is 0. The molecule has 0 aromatic heterocycles. The van der Waals surface area contributed by atoms with E-state index in [2.05, 4.69) is 11.8 Å². The molecule has 1 fully saturated rings. The third-order valence-corrected chi connectivity index (χ3v) is 3.96. The second-order valence-electron chi connectivity index (χ2n) is 5.19. The third kappa shape index (κ3) is 3.85. The van der Waals surface area contributed by atoms with E-state index in [-0.39, 0.29) is 18.3 Å². The molecule has 19 heavy (non-hydrogen) atoms. The molecule has 0 spiro atoms. The topological polar surface area (TPSA) is 52.9 Å². The summed E-state index contributed by atoms with van der Waals surface area (Å²) in [5.74, 6) is 1.68. The summed E-state index contributed by atoms with van der Waals surface area (Å²) in [6, 6.07) is 6.71. The maximum Gasteiger partial charge on any atom is 0.119 e. The van der Waals surface area contributed by atoms with Crippen molar-refractivity contribution in [1.82, 2.24) is 4.90 Å². The zero-order valence-electron chi connectivity index (χ0n) is 11.5. The molecular formula is C15H23NO3. The van der Waals surface area contributed by atoms with Gasteiger partial charge in [-0.1, -0.05) is 6.92 Å². The molecule has 1 aromatic carbocycles. The second kappa shape index (κ2) is 6.78. The van der Waals surface area contributed by atoms with Crippen LogP contribution in [-0.4, -0.2) is 48.0 Å². The normalized spacial score (nSPS) is 21.5. The lowest BCUT2D eigenvalue weighted by Gasteiger charge is -2.22. The Morgan fingerprint density at radius 2 is 2.11 bits per heavy atom. The summed E-state index contributed by atoms with van der Waals surface area (Å²) in [4.78, 5) is 2.41. The van der Waals surface area contributed by atoms with Gasteiger partial charge in [0.1, 0.15) is 11.5 Å². The maximum absolute atomic E-state index is 9.53. The van der Waals surface area contributed by atoms with Gasteiger partial charge in [0.25, 0.3) is 0 Å². The summed E-state index contributed by atoms with van der Waals surface area (Å²) in [6.45, 7) is 6.12. The van der Waals surface area contributed by atoms with E-state index >= 15 is 0 Å². The van der Waals surface area contributed by atoms with Gasteiger partial charge in [0, 0.05) is 19.1 Å². The van der Waals surface area contributed by atoms with Gasteiger partial charge in [-0.3, -0.25) is 0 Å². The van der Waals surface area contributed by atoms with Crippen LogP contribution in [0.15, 0.2) is 24.3 Å². The zero-order valence-corrected chi connectivity index (χ0v) is 11.5. The number of phenolic OH excluding ortho intramolecular Hbond substituents is 1. The Bertz CT molecular complexity index is 379. The first kappa shape index (κ1) is 14.2. The molecule has 0 radical (unpaired) electrons. The van der Waals surface area contributed by atoms with Crippen LogP contribution in [-0.2, 0) is 0 Å². The highest BCUT2D eigenvalue weighted by Gasteiger charge is 2.28. The van der Waals surface area contributed by atoms with Crippen LogP contribution in [0.1, 0.15) is 13.3 Å². The lowest BCUT2D eigenvalue weighted by Crippen LogP contribution is -2.28. The maximum atomic E-state index is 9.53. The van der Waals surface area contributed by atoms with Gasteiger partial charge in [-0.2, -0.15) is 0 Å². The van der Waals surface area contributed by atoms with Crippen LogP contribution in [0.25, 0.3) is 0 Å². The number of hydrogen-bond donors (Lipinski definition) is 2. The fourth-order valence-corrected chi connectivity index (χ4v) is 2.62. The van der Waals surface area contributed by atoms with Crippen molar-refractivity contribution in [3.8, 4) is 11.5 Å². The van der Waals surface area contributed by atoms with Gasteiger partial charge >= 0.3 is 0 Å². The highest BCUT2D eigenvalue weighted by atomic mass is 16.5. The van der Waals surface area contributed by atoms with Gasteiger partial charge in [-0.05, 0) is 49.7 Å². The van der Waals surface area contributed by atoms with Crippen molar-refractivity contribution in [3.63, 3.8) is 0 Å². The third-order valence-electron chi connectivity index (χ3n) is 3.96. The standard InChI is InChI=1S/C15H23NO3/c1-2-16-8-7-12(9-16)13(10-17)11-19-15-5-3-14(18)4-6-15/h3-6,12-13,17-18H,2,7-11H2,1H3. The molecule has 1 saturated heterocycles. The fraction of sp³-hybridized carbons (Fsp3) is 0.600. The van der Waals surface area contributed by atoms with Crippen LogP contribution in [0.2, 0.25) is 0 Å². The summed E-state index contributed by atoms with van der Waals surface area (Å²) < 4.78 is 5.71. The number of aliphatic hydroxyl groups excluding tert-OH is 1. The Morgan fingerprint density at radius 3 is 2.68 bits per heavy atom. The first-order valence-corrected chi connectivity index (χ1v) is 6.98. The van der Waals surface area contributed by atoms with Crippen LogP contribution < -0.4 is 4.74 Å². The summed E-state index contributed by atoms with van der Waals surface area (Å²) in [6.07, 6.45) is 1.14. The Labute approximate surface area is 114 Å². The van der Waals surface area contributed by atoms with Crippen molar-refractivity contribution < 1.29 is 14.9 Å². The van der Waals surface area contributed by atoms with Gasteiger partial charge in [-0.25, -0.2) is 0 Å². The number of nitrogens with zero attached hydrogens (tertiary/aromatic N) is 1. The number of rotatable bonds is 6. The number of hydrogen-bond acceptors (Lipinski definition) is 4. The van der Waals surface area contributed by atoms with E-state index in [1.807, 2.05) is 0 Å². The van der Waals surface area contributed by atoms with Crippen LogP contribution in [0.5, 0.6) is 11.5 Å². The molecule has 1 aliphatic heterocycles. The Morgan fingerprint density at radius 1 is 1.37 bits per heavy atom. The fourth-order valence-electron chi connectivity index (χ4n) is 2.62. The molecule has 0 saturated carbocycles. The number of aliphatic hydroxyl groups is 1. The van der Waals surface area contributed by atoms with Crippen molar-refractivity contribution in [2.45, 2.75) is 13.3 Å². The van der Waals surface area contributed by atoms with E-state index in [0.29, 0.717) is 12.5 Å². The molecule has 0 bridgehead atoms. The predicted octanol–water partition coefficient (Wildman–Crippen LogP) is 1.72. The first-order valence-electron chi connectivity index (χ1n) is 6.98. The number of benzene rings is 1. The monoisotopic (exact) mass is 265 g/mol. The molecule has 1 aliphatic rings. The summed E-state index contributed by atoms with van der Waals surface area (Å²) in [5, 5.41) is 18.7. The quantitative estimate of drug-likeness (QED) is 0.822. The largest absolute Gasteiger partial charge is 0.508 e. The minimum atomic E-state index is 0.167. The van der Waals surface area contributed by atoms with Crippen LogP contribution in [0.3, 0.4) is 0 Å². The minimum absolute atomic E-state index is 0.167. The Kier molecular flexibility index (Phi) is 5.05. The number of phenols is 1. The molecule has 2 N–H and O–H groups in total. The van der Waals surface area contributed by atoms with Gasteiger partial charge in [0.2, 0.25) is 0 Å². The summed E-state index contributed by atoms with van der Waals surface area (Å²) in [7, 11) is 0. The molecule has 4 nitrogen and oxygen atoms in total. The van der Waals surface area contributed by atoms with Crippen molar-refractivity contribution >= 4 is 0 Å². The lowest BCUT2D eigenvalue weighted by molar-refractivity contribution is 0.119. The molecule has 2 unspecified atom stereocenters. The first-order chi connectivity index (χ1) is 9.22. The van der Waals surface area contributed by atoms with Gasteiger partial charge in [0.15, 0.2) is 0 Å². The van der Waals surface area contributed by atoms with Crippen molar-refractivity contribution in [3.05, 3.63) is 24.3 Å². The average molecular weight is 265 g/mol. The Hall–Kier alpha value is -1.26. The smallest absolute Gasteiger partial charge is 0.119 e. The molecule has 2 rings (SSSR count). The second-order valence-corrected chi connectivity index (χ2v) is 5.19. The molecule has 2 atom stereocenters. The molecule has 0 aliphatic carbocycles. The van der Waals surface area contributed by atoms with Crippen LogP contribution in [0, 0.1) is 11.8 Å². The minimum Gasteiger partial charge on any atom is -0.508 e. The van der Waals surface area contributed by atoms with E-state index in [9.17, 15) is 10.2 Å². The highest BCUT2D eigenvalue weighted by molar-refractivity contribution is 5.30. The molecule has 4 heteroatoms. The van der Waals surface area contributed by atoms with Gasteiger partial charge < -0.3 is 19.8 Å². The number of likely N-dealkylation sites (tertiary alicyclic amines) is 1. The summed E-state index contributed by atoms with van der Waals surface area (Å²) >= 11 is 0. The van der Waals surface area contributed by atoms with Gasteiger partial charge in [-0.15, -0.1) is 0 Å². The Balaban J connectivity index is 1.84. The van der Waals surface area contributed by atoms with Crippen LogP contribution in [0.4, 0.5) is 0 Å². The SMILES string of the molecule is CCN1CCC(C(CO)COc2ccc(O)cc2)C1. The number of ether oxygens (including phenoxy) is 1. The van der Waals surface area contributed by atoms with Crippen molar-refractivity contribution in [2.75, 3.05) is 32.8 Å². The molecule has 1 heterocycles. The van der Waals surface area contributed by atoms with Gasteiger partial charge in [0.05, 0.1) is 6.61 Å². The van der Waals surface area contributed by atoms with E-state index in [1.54, 1.807) is 24.3 Å². The molecule has 0 amide bonds. The van der Waals surface area contributed by atoms with Crippen LogP contribution >= 0.6 is 0 Å². The highest BCUT2D eigenvalue weighted by Crippen LogP contribution is 2.25.